The fourth-order valence-corrected chi connectivity index (χ4v) is 3.56. The number of carbonyl (C=O) groups is 1. The topological polar surface area (TPSA) is 55.1 Å². The minimum Gasteiger partial charge on any atom is -0.481 e. The zero-order chi connectivity index (χ0) is 14.0. The molecule has 0 spiro atoms. The van der Waals surface area contributed by atoms with Crippen LogP contribution in [0.2, 0.25) is 0 Å². The third-order valence-electron chi connectivity index (χ3n) is 3.95. The number of aryl methyl sites for hydroxylation is 1. The van der Waals surface area contributed by atoms with E-state index < -0.39 is 5.97 Å². The van der Waals surface area contributed by atoms with Crippen LogP contribution in [0.15, 0.2) is 11.4 Å². The SMILES string of the molecule is Cc1cnc(SCC(=O)O)n1C1CCC(C)(C)CC1. The molecule has 1 aromatic heterocycles. The van der Waals surface area contributed by atoms with Crippen LogP contribution in [-0.2, 0) is 4.79 Å². The highest BCUT2D eigenvalue weighted by atomic mass is 32.2. The predicted octanol–water partition coefficient (Wildman–Crippen LogP) is 3.51. The molecule has 1 saturated carbocycles. The van der Waals surface area contributed by atoms with E-state index in [1.54, 1.807) is 0 Å². The number of carboxylic acids is 1. The van der Waals surface area contributed by atoms with Crippen LogP contribution < -0.4 is 0 Å². The maximum absolute atomic E-state index is 10.7. The zero-order valence-corrected chi connectivity index (χ0v) is 12.7. The lowest BCUT2D eigenvalue weighted by Gasteiger charge is -2.35. The van der Waals surface area contributed by atoms with Gasteiger partial charge in [0.05, 0.1) is 5.75 Å². The summed E-state index contributed by atoms with van der Waals surface area (Å²) in [6.45, 7) is 6.70. The highest BCUT2D eigenvalue weighted by Gasteiger charge is 2.29. The van der Waals surface area contributed by atoms with E-state index in [1.165, 1.54) is 24.6 Å². The van der Waals surface area contributed by atoms with E-state index in [1.807, 2.05) is 6.20 Å². The maximum atomic E-state index is 10.7. The molecule has 4 nitrogen and oxygen atoms in total. The van der Waals surface area contributed by atoms with Gasteiger partial charge in [-0.3, -0.25) is 4.79 Å². The van der Waals surface area contributed by atoms with Crippen molar-refractivity contribution in [2.24, 2.45) is 5.41 Å². The molecule has 1 N–H and O–H groups in total. The van der Waals surface area contributed by atoms with E-state index in [0.29, 0.717) is 11.5 Å². The number of rotatable bonds is 4. The molecule has 0 aliphatic heterocycles. The van der Waals surface area contributed by atoms with Crippen molar-refractivity contribution in [3.8, 4) is 0 Å². The lowest BCUT2D eigenvalue weighted by Crippen LogP contribution is -2.24. The molecule has 0 bridgehead atoms. The summed E-state index contributed by atoms with van der Waals surface area (Å²) in [5.74, 6) is -0.712. The molecule has 0 unspecified atom stereocenters. The Hall–Kier alpha value is -0.970. The first kappa shape index (κ1) is 14.4. The first-order valence-electron chi connectivity index (χ1n) is 6.77. The van der Waals surface area contributed by atoms with Crippen molar-refractivity contribution in [2.75, 3.05) is 5.75 Å². The van der Waals surface area contributed by atoms with Crippen LogP contribution in [-0.4, -0.2) is 26.4 Å². The molecule has 0 atom stereocenters. The number of nitrogens with zero attached hydrogens (tertiary/aromatic N) is 2. The van der Waals surface area contributed by atoms with E-state index in [9.17, 15) is 4.79 Å². The minimum atomic E-state index is -0.790. The van der Waals surface area contributed by atoms with Crippen LogP contribution in [0.3, 0.4) is 0 Å². The fourth-order valence-electron chi connectivity index (χ4n) is 2.74. The van der Waals surface area contributed by atoms with E-state index in [0.717, 1.165) is 23.7 Å². The van der Waals surface area contributed by atoms with Crippen LogP contribution in [0.5, 0.6) is 0 Å². The van der Waals surface area contributed by atoms with Crippen molar-refractivity contribution < 1.29 is 9.90 Å². The Kier molecular flexibility index (Phi) is 4.23. The Labute approximate surface area is 118 Å². The largest absolute Gasteiger partial charge is 0.481 e. The Morgan fingerprint density at radius 1 is 1.53 bits per heavy atom. The summed E-state index contributed by atoms with van der Waals surface area (Å²) in [5.41, 5.74) is 1.58. The van der Waals surface area contributed by atoms with Crippen LogP contribution >= 0.6 is 11.8 Å². The zero-order valence-electron chi connectivity index (χ0n) is 11.8. The molecule has 0 aromatic carbocycles. The van der Waals surface area contributed by atoms with Gasteiger partial charge in [-0.25, -0.2) is 4.98 Å². The van der Waals surface area contributed by atoms with Gasteiger partial charge in [-0.05, 0) is 38.0 Å². The number of hydrogen-bond donors (Lipinski definition) is 1. The van der Waals surface area contributed by atoms with E-state index in [4.69, 9.17) is 5.11 Å². The lowest BCUT2D eigenvalue weighted by molar-refractivity contribution is -0.133. The second kappa shape index (κ2) is 5.57. The predicted molar refractivity (Wildman–Crippen MR) is 76.6 cm³/mol. The Balaban J connectivity index is 2.11. The Morgan fingerprint density at radius 3 is 2.74 bits per heavy atom. The molecule has 0 radical (unpaired) electrons. The number of carboxylic acid groups (broad SMARTS) is 1. The van der Waals surface area contributed by atoms with Crippen molar-refractivity contribution in [2.45, 2.75) is 57.7 Å². The number of thioether (sulfide) groups is 1. The van der Waals surface area contributed by atoms with Gasteiger partial charge < -0.3 is 9.67 Å². The van der Waals surface area contributed by atoms with Crippen molar-refractivity contribution in [1.29, 1.82) is 0 Å². The highest BCUT2D eigenvalue weighted by molar-refractivity contribution is 7.99. The van der Waals surface area contributed by atoms with Crippen LogP contribution in [0.25, 0.3) is 0 Å². The minimum absolute atomic E-state index is 0.0780. The standard InChI is InChI=1S/C14H22N2O2S/c1-10-8-15-13(19-9-12(17)18)16(10)11-4-6-14(2,3)7-5-11/h8,11H,4-7,9H2,1-3H3,(H,17,18). The second-order valence-corrected chi connectivity index (χ2v) is 7.07. The first-order valence-corrected chi connectivity index (χ1v) is 7.76. The Morgan fingerprint density at radius 2 is 2.16 bits per heavy atom. The maximum Gasteiger partial charge on any atom is 0.313 e. The summed E-state index contributed by atoms with van der Waals surface area (Å²) in [5, 5.41) is 9.65. The van der Waals surface area contributed by atoms with Crippen LogP contribution in [0.4, 0.5) is 0 Å². The van der Waals surface area contributed by atoms with Gasteiger partial charge in [-0.2, -0.15) is 0 Å². The Bertz CT molecular complexity index is 458. The number of hydrogen-bond acceptors (Lipinski definition) is 3. The monoisotopic (exact) mass is 282 g/mol. The summed E-state index contributed by atoms with van der Waals surface area (Å²) < 4.78 is 2.24. The first-order chi connectivity index (χ1) is 8.89. The summed E-state index contributed by atoms with van der Waals surface area (Å²) in [6.07, 6.45) is 6.61. The number of aromatic nitrogens is 2. The third kappa shape index (κ3) is 3.53. The van der Waals surface area contributed by atoms with Gasteiger partial charge in [0, 0.05) is 17.9 Å². The summed E-state index contributed by atoms with van der Waals surface area (Å²) in [7, 11) is 0. The van der Waals surface area contributed by atoms with Gasteiger partial charge >= 0.3 is 5.97 Å². The van der Waals surface area contributed by atoms with E-state index in [-0.39, 0.29) is 5.75 Å². The van der Waals surface area contributed by atoms with E-state index >= 15 is 0 Å². The lowest BCUT2D eigenvalue weighted by atomic mass is 9.75. The van der Waals surface area contributed by atoms with Crippen molar-refractivity contribution in [3.05, 3.63) is 11.9 Å². The molecular formula is C14H22N2O2S. The third-order valence-corrected chi connectivity index (χ3v) is 4.90. The molecule has 1 heterocycles. The quantitative estimate of drug-likeness (QED) is 0.859. The average molecular weight is 282 g/mol. The van der Waals surface area contributed by atoms with E-state index in [2.05, 4.69) is 30.3 Å². The summed E-state index contributed by atoms with van der Waals surface area (Å²) >= 11 is 1.32. The highest BCUT2D eigenvalue weighted by Crippen LogP contribution is 2.41. The van der Waals surface area contributed by atoms with Gasteiger partial charge in [0.2, 0.25) is 0 Å². The van der Waals surface area contributed by atoms with Gasteiger partial charge in [0.25, 0.3) is 0 Å². The van der Waals surface area contributed by atoms with Crippen LogP contribution in [0, 0.1) is 12.3 Å². The molecule has 0 amide bonds. The molecule has 1 aliphatic carbocycles. The van der Waals surface area contributed by atoms with Crippen LogP contribution in [0.1, 0.15) is 51.3 Å². The molecule has 19 heavy (non-hydrogen) atoms. The van der Waals surface area contributed by atoms with Crippen molar-refractivity contribution >= 4 is 17.7 Å². The summed E-state index contributed by atoms with van der Waals surface area (Å²) in [4.78, 5) is 15.1. The van der Waals surface area contributed by atoms with Gasteiger partial charge in [-0.15, -0.1) is 0 Å². The second-order valence-electron chi connectivity index (χ2n) is 6.13. The van der Waals surface area contributed by atoms with Gasteiger partial charge in [0.15, 0.2) is 5.16 Å². The smallest absolute Gasteiger partial charge is 0.313 e. The molecule has 1 aromatic rings. The average Bonchev–Trinajstić information content (AvgIpc) is 2.68. The molecule has 1 aliphatic rings. The van der Waals surface area contributed by atoms with Crippen molar-refractivity contribution in [3.63, 3.8) is 0 Å². The van der Waals surface area contributed by atoms with Gasteiger partial charge in [-0.1, -0.05) is 25.6 Å². The number of imidazole rings is 1. The fraction of sp³-hybridized carbons (Fsp3) is 0.714. The molecule has 1 fully saturated rings. The molecule has 2 rings (SSSR count). The summed E-state index contributed by atoms with van der Waals surface area (Å²) in [6, 6.07) is 0.479. The molecule has 106 valence electrons. The molecule has 0 saturated heterocycles. The van der Waals surface area contributed by atoms with Gasteiger partial charge in [0.1, 0.15) is 0 Å². The van der Waals surface area contributed by atoms with Crippen molar-refractivity contribution in [1.82, 2.24) is 9.55 Å². The molecule has 5 heteroatoms. The molecular weight excluding hydrogens is 260 g/mol. The normalized spacial score (nSPS) is 19.5. The number of aliphatic carboxylic acids is 1.